The second-order valence-corrected chi connectivity index (χ2v) is 5.43. The van der Waals surface area contributed by atoms with Crippen LogP contribution < -0.4 is 10.5 Å². The van der Waals surface area contributed by atoms with Gasteiger partial charge >= 0.3 is 0 Å². The average Bonchev–Trinajstić information content (AvgIpc) is 2.32. The molecule has 0 unspecified atom stereocenters. The molecule has 94 valence electrons. The normalized spacial score (nSPS) is 11.2. The molecule has 0 saturated carbocycles. The summed E-state index contributed by atoms with van der Waals surface area (Å²) in [5.41, 5.74) is 0.684. The smallest absolute Gasteiger partial charge is 0.239 e. The average molecular weight is 282 g/mol. The van der Waals surface area contributed by atoms with E-state index in [0.29, 0.717) is 16.1 Å². The van der Waals surface area contributed by atoms with Crippen LogP contribution >= 0.6 is 12.2 Å². The van der Waals surface area contributed by atoms with E-state index in [9.17, 15) is 8.42 Å². The van der Waals surface area contributed by atoms with Gasteiger partial charge in [-0.2, -0.15) is 0 Å². The molecule has 0 atom stereocenters. The van der Waals surface area contributed by atoms with Crippen molar-refractivity contribution < 1.29 is 8.42 Å². The van der Waals surface area contributed by atoms with Gasteiger partial charge in [-0.3, -0.25) is 0 Å². The number of aromatic amines is 1. The first-order valence-corrected chi connectivity index (χ1v) is 6.86. The summed E-state index contributed by atoms with van der Waals surface area (Å²) in [6, 6.07) is 6.47. The summed E-state index contributed by atoms with van der Waals surface area (Å²) in [6.45, 7) is 0. The molecule has 8 heteroatoms. The van der Waals surface area contributed by atoms with Gasteiger partial charge in [-0.05, 0) is 24.3 Å². The summed E-state index contributed by atoms with van der Waals surface area (Å²) < 4.78 is 22.6. The van der Waals surface area contributed by atoms with E-state index in [1.165, 1.54) is 18.3 Å². The number of rotatable bonds is 3. The van der Waals surface area contributed by atoms with Crippen molar-refractivity contribution in [3.8, 4) is 0 Å². The minimum absolute atomic E-state index is 0.0359. The van der Waals surface area contributed by atoms with Crippen LogP contribution in [-0.4, -0.2) is 18.4 Å². The molecule has 2 heterocycles. The van der Waals surface area contributed by atoms with Gasteiger partial charge in [0.2, 0.25) is 10.0 Å². The van der Waals surface area contributed by atoms with Gasteiger partial charge in [0, 0.05) is 12.4 Å². The number of nitrogens with zero attached hydrogens (tertiary/aromatic N) is 1. The highest BCUT2D eigenvalue weighted by molar-refractivity contribution is 7.89. The number of anilines is 2. The van der Waals surface area contributed by atoms with Crippen LogP contribution in [0.3, 0.4) is 0 Å². The Balaban J connectivity index is 2.27. The number of sulfonamides is 1. The van der Waals surface area contributed by atoms with E-state index >= 15 is 0 Å². The fourth-order valence-corrected chi connectivity index (χ4v) is 1.92. The van der Waals surface area contributed by atoms with E-state index in [0.717, 1.165) is 0 Å². The number of primary sulfonamides is 1. The molecule has 2 aromatic rings. The lowest BCUT2D eigenvalue weighted by Crippen LogP contribution is -2.12. The third kappa shape index (κ3) is 2.92. The standard InChI is InChI=1S/C10H10N4O2S2/c11-18(15,16)7-3-4-9(13-6-7)14-8-2-1-5-12-10(8)17/h1-6H,(H,12,17)(H,13,14)(H2,11,15,16). The maximum atomic E-state index is 11.1. The second-order valence-electron chi connectivity index (χ2n) is 3.46. The van der Waals surface area contributed by atoms with Crippen molar-refractivity contribution in [3.05, 3.63) is 41.3 Å². The molecule has 0 aromatic carbocycles. The van der Waals surface area contributed by atoms with Crippen molar-refractivity contribution in [2.24, 2.45) is 5.14 Å². The van der Waals surface area contributed by atoms with Crippen molar-refractivity contribution in [2.75, 3.05) is 5.32 Å². The number of hydrogen-bond donors (Lipinski definition) is 3. The number of nitrogens with one attached hydrogen (secondary N) is 2. The fourth-order valence-electron chi connectivity index (χ4n) is 1.28. The summed E-state index contributed by atoms with van der Waals surface area (Å²) in [6.07, 6.45) is 2.90. The maximum Gasteiger partial charge on any atom is 0.239 e. The predicted molar refractivity (Wildman–Crippen MR) is 70.5 cm³/mol. The first-order chi connectivity index (χ1) is 8.47. The van der Waals surface area contributed by atoms with Gasteiger partial charge in [0.05, 0.1) is 5.69 Å². The minimum atomic E-state index is -3.72. The summed E-state index contributed by atoms with van der Waals surface area (Å²) in [4.78, 5) is 6.78. The molecule has 2 rings (SSSR count). The Morgan fingerprint density at radius 3 is 2.67 bits per heavy atom. The molecule has 0 aliphatic rings. The molecule has 6 nitrogen and oxygen atoms in total. The van der Waals surface area contributed by atoms with Crippen LogP contribution in [0.25, 0.3) is 0 Å². The lowest BCUT2D eigenvalue weighted by Gasteiger charge is -2.05. The molecule has 0 spiro atoms. The number of hydrogen-bond acceptors (Lipinski definition) is 5. The van der Waals surface area contributed by atoms with Crippen molar-refractivity contribution >= 4 is 33.7 Å². The van der Waals surface area contributed by atoms with Crippen LogP contribution in [0.1, 0.15) is 0 Å². The van der Waals surface area contributed by atoms with Crippen LogP contribution in [0.4, 0.5) is 11.5 Å². The van der Waals surface area contributed by atoms with Gasteiger partial charge in [0.1, 0.15) is 15.4 Å². The van der Waals surface area contributed by atoms with Crippen LogP contribution in [0, 0.1) is 4.64 Å². The number of nitrogens with two attached hydrogens (primary N) is 1. The molecule has 4 N–H and O–H groups in total. The summed E-state index contributed by atoms with van der Waals surface area (Å²) in [7, 11) is -3.72. The van der Waals surface area contributed by atoms with Gasteiger partial charge in [-0.15, -0.1) is 0 Å². The summed E-state index contributed by atoms with van der Waals surface area (Å²) >= 11 is 5.07. The third-order valence-electron chi connectivity index (χ3n) is 2.15. The molecular formula is C10H10N4O2S2. The van der Waals surface area contributed by atoms with Gasteiger partial charge < -0.3 is 10.3 Å². The highest BCUT2D eigenvalue weighted by Crippen LogP contribution is 2.15. The zero-order chi connectivity index (χ0) is 13.2. The Morgan fingerprint density at radius 2 is 2.11 bits per heavy atom. The highest BCUT2D eigenvalue weighted by Gasteiger charge is 2.07. The molecule has 2 aromatic heterocycles. The molecule has 0 aliphatic carbocycles. The maximum absolute atomic E-state index is 11.1. The molecule has 18 heavy (non-hydrogen) atoms. The van der Waals surface area contributed by atoms with E-state index in [4.69, 9.17) is 17.4 Å². The van der Waals surface area contributed by atoms with Crippen molar-refractivity contribution in [1.29, 1.82) is 0 Å². The number of H-pyrrole nitrogens is 1. The monoisotopic (exact) mass is 282 g/mol. The van der Waals surface area contributed by atoms with Crippen molar-refractivity contribution in [2.45, 2.75) is 4.90 Å². The quantitative estimate of drug-likeness (QED) is 0.741. The van der Waals surface area contributed by atoms with E-state index in [2.05, 4.69) is 15.3 Å². The molecule has 0 aliphatic heterocycles. The zero-order valence-corrected chi connectivity index (χ0v) is 10.8. The lowest BCUT2D eigenvalue weighted by atomic mass is 10.4. The van der Waals surface area contributed by atoms with E-state index < -0.39 is 10.0 Å². The summed E-state index contributed by atoms with van der Waals surface area (Å²) in [5, 5.41) is 7.94. The van der Waals surface area contributed by atoms with Crippen molar-refractivity contribution in [3.63, 3.8) is 0 Å². The van der Waals surface area contributed by atoms with Crippen LogP contribution in [0.15, 0.2) is 41.6 Å². The van der Waals surface area contributed by atoms with E-state index in [1.807, 2.05) is 0 Å². The molecular weight excluding hydrogens is 272 g/mol. The topological polar surface area (TPSA) is 101 Å². The molecule has 0 fully saturated rings. The Kier molecular flexibility index (Phi) is 3.41. The third-order valence-corrected chi connectivity index (χ3v) is 3.38. The Hall–Kier alpha value is -1.77. The zero-order valence-electron chi connectivity index (χ0n) is 9.12. The van der Waals surface area contributed by atoms with Gasteiger partial charge in [-0.25, -0.2) is 18.5 Å². The molecule has 0 amide bonds. The Labute approximate surface area is 109 Å². The lowest BCUT2D eigenvalue weighted by molar-refractivity contribution is 0.597. The van der Waals surface area contributed by atoms with Crippen LogP contribution in [-0.2, 0) is 10.0 Å². The Morgan fingerprint density at radius 1 is 1.33 bits per heavy atom. The van der Waals surface area contributed by atoms with Crippen molar-refractivity contribution in [1.82, 2.24) is 9.97 Å². The predicted octanol–water partition coefficient (Wildman–Crippen LogP) is 1.53. The van der Waals surface area contributed by atoms with E-state index in [1.54, 1.807) is 18.3 Å². The summed E-state index contributed by atoms with van der Waals surface area (Å²) in [5.74, 6) is 0.480. The SMILES string of the molecule is NS(=O)(=O)c1ccc(Nc2ccc[nH]c2=S)nc1. The molecule has 0 bridgehead atoms. The molecule has 0 radical (unpaired) electrons. The highest BCUT2D eigenvalue weighted by atomic mass is 32.2. The molecule has 0 saturated heterocycles. The number of aromatic nitrogens is 2. The van der Waals surface area contributed by atoms with Gasteiger partial charge in [0.25, 0.3) is 0 Å². The minimum Gasteiger partial charge on any atom is -0.351 e. The first-order valence-electron chi connectivity index (χ1n) is 4.90. The fraction of sp³-hybridized carbons (Fsp3) is 0. The van der Waals surface area contributed by atoms with Crippen LogP contribution in [0.2, 0.25) is 0 Å². The Bertz CT molecular complexity index is 707. The first kappa shape index (κ1) is 12.7. The largest absolute Gasteiger partial charge is 0.351 e. The van der Waals surface area contributed by atoms with E-state index in [-0.39, 0.29) is 4.90 Å². The number of pyridine rings is 2. The second kappa shape index (κ2) is 4.84. The van der Waals surface area contributed by atoms with Gasteiger partial charge in [-0.1, -0.05) is 12.2 Å². The van der Waals surface area contributed by atoms with Gasteiger partial charge in [0.15, 0.2) is 0 Å². The van der Waals surface area contributed by atoms with Crippen LogP contribution in [0.5, 0.6) is 0 Å².